The summed E-state index contributed by atoms with van der Waals surface area (Å²) in [5.74, 6) is 0. The molecule has 0 saturated carbocycles. The third-order valence-corrected chi connectivity index (χ3v) is 3.42. The molecule has 0 aromatic rings. The van der Waals surface area contributed by atoms with Crippen LogP contribution in [0.25, 0.3) is 0 Å². The van der Waals surface area contributed by atoms with Crippen molar-refractivity contribution in [3.05, 3.63) is 0 Å². The smallest absolute Gasteiger partial charge is 0.0594 e. The molecule has 4 heteroatoms. The summed E-state index contributed by atoms with van der Waals surface area (Å²) >= 11 is 0. The average molecular weight is 257 g/mol. The number of likely N-dealkylation sites (tertiary alicyclic amines) is 1. The molecular formula is C14H31N3O. The van der Waals surface area contributed by atoms with Crippen LogP contribution in [0, 0.1) is 0 Å². The van der Waals surface area contributed by atoms with Gasteiger partial charge >= 0.3 is 0 Å². The van der Waals surface area contributed by atoms with Gasteiger partial charge in [-0.2, -0.15) is 0 Å². The summed E-state index contributed by atoms with van der Waals surface area (Å²) < 4.78 is 5.66. The fraction of sp³-hybridized carbons (Fsp3) is 1.00. The summed E-state index contributed by atoms with van der Waals surface area (Å²) in [7, 11) is 4.16. The summed E-state index contributed by atoms with van der Waals surface area (Å²) in [6.07, 6.45) is 3.88. The number of likely N-dealkylation sites (N-methyl/N-ethyl adjacent to an activating group) is 1. The predicted octanol–water partition coefficient (Wildman–Crippen LogP) is 1.03. The molecule has 1 aliphatic rings. The number of piperidine rings is 1. The largest absolute Gasteiger partial charge is 0.379 e. The average Bonchev–Trinajstić information content (AvgIpc) is 2.36. The molecule has 0 aliphatic carbocycles. The Balaban J connectivity index is 2.03. The van der Waals surface area contributed by atoms with Crippen LogP contribution in [-0.2, 0) is 4.74 Å². The van der Waals surface area contributed by atoms with Gasteiger partial charge in [0.2, 0.25) is 0 Å². The predicted molar refractivity (Wildman–Crippen MR) is 77.1 cm³/mol. The summed E-state index contributed by atoms with van der Waals surface area (Å²) in [5.41, 5.74) is 0. The van der Waals surface area contributed by atoms with Gasteiger partial charge in [0.25, 0.3) is 0 Å². The van der Waals surface area contributed by atoms with Crippen molar-refractivity contribution in [3.63, 3.8) is 0 Å². The molecule has 4 nitrogen and oxygen atoms in total. The standard InChI is InChI=1S/C14H31N3O/c1-4-7-15-14-6-5-8-17(13-14)10-12-18-11-9-16(2)3/h14-15H,4-13H2,1-3H3. The molecule has 1 fully saturated rings. The van der Waals surface area contributed by atoms with Crippen LogP contribution < -0.4 is 5.32 Å². The Labute approximate surface area is 113 Å². The van der Waals surface area contributed by atoms with Gasteiger partial charge in [-0.1, -0.05) is 6.92 Å². The van der Waals surface area contributed by atoms with Crippen LogP contribution in [0.5, 0.6) is 0 Å². The lowest BCUT2D eigenvalue weighted by Gasteiger charge is -2.33. The highest BCUT2D eigenvalue weighted by Crippen LogP contribution is 2.09. The first-order valence-corrected chi connectivity index (χ1v) is 7.40. The lowest BCUT2D eigenvalue weighted by Crippen LogP contribution is -2.46. The van der Waals surface area contributed by atoms with E-state index in [0.717, 1.165) is 32.8 Å². The van der Waals surface area contributed by atoms with E-state index in [1.807, 2.05) is 0 Å². The van der Waals surface area contributed by atoms with Crippen molar-refractivity contribution >= 4 is 0 Å². The van der Waals surface area contributed by atoms with Crippen LogP contribution in [0.1, 0.15) is 26.2 Å². The first-order valence-electron chi connectivity index (χ1n) is 7.40. The molecule has 0 amide bonds. The van der Waals surface area contributed by atoms with Gasteiger partial charge in [0.1, 0.15) is 0 Å². The Morgan fingerprint density at radius 2 is 2.17 bits per heavy atom. The summed E-state index contributed by atoms with van der Waals surface area (Å²) in [4.78, 5) is 4.69. The van der Waals surface area contributed by atoms with Crippen molar-refractivity contribution in [2.75, 3.05) is 60.0 Å². The molecule has 0 aromatic heterocycles. The summed E-state index contributed by atoms with van der Waals surface area (Å²) in [6, 6.07) is 0.695. The maximum atomic E-state index is 5.66. The third-order valence-electron chi connectivity index (χ3n) is 3.42. The molecule has 1 atom stereocenters. The van der Waals surface area contributed by atoms with Gasteiger partial charge in [-0.25, -0.2) is 0 Å². The molecule has 18 heavy (non-hydrogen) atoms. The number of ether oxygens (including phenoxy) is 1. The monoisotopic (exact) mass is 257 g/mol. The third kappa shape index (κ3) is 7.31. The van der Waals surface area contributed by atoms with E-state index in [1.54, 1.807) is 0 Å². The van der Waals surface area contributed by atoms with Crippen LogP contribution in [-0.4, -0.2) is 75.9 Å². The summed E-state index contributed by atoms with van der Waals surface area (Å²) in [6.45, 7) is 9.62. The van der Waals surface area contributed by atoms with Crippen molar-refractivity contribution in [1.82, 2.24) is 15.1 Å². The van der Waals surface area contributed by atoms with Gasteiger partial charge in [0, 0.05) is 25.7 Å². The molecule has 0 aromatic carbocycles. The minimum absolute atomic E-state index is 0.695. The van der Waals surface area contributed by atoms with E-state index in [2.05, 4.69) is 36.1 Å². The van der Waals surface area contributed by atoms with E-state index in [4.69, 9.17) is 4.74 Å². The lowest BCUT2D eigenvalue weighted by molar-refractivity contribution is 0.0811. The van der Waals surface area contributed by atoms with Crippen molar-refractivity contribution < 1.29 is 4.74 Å². The van der Waals surface area contributed by atoms with Crippen LogP contribution in [0.15, 0.2) is 0 Å². The zero-order chi connectivity index (χ0) is 13.2. The zero-order valence-electron chi connectivity index (χ0n) is 12.5. The highest BCUT2D eigenvalue weighted by Gasteiger charge is 2.18. The van der Waals surface area contributed by atoms with Gasteiger partial charge in [-0.05, 0) is 46.4 Å². The van der Waals surface area contributed by atoms with Crippen LogP contribution >= 0.6 is 0 Å². The topological polar surface area (TPSA) is 27.7 Å². The van der Waals surface area contributed by atoms with Gasteiger partial charge in [0.15, 0.2) is 0 Å². The van der Waals surface area contributed by atoms with E-state index in [1.165, 1.54) is 32.4 Å². The van der Waals surface area contributed by atoms with Crippen LogP contribution in [0.4, 0.5) is 0 Å². The second-order valence-corrected chi connectivity index (χ2v) is 5.51. The number of nitrogens with one attached hydrogen (secondary N) is 1. The number of nitrogens with zero attached hydrogens (tertiary/aromatic N) is 2. The molecule has 108 valence electrons. The van der Waals surface area contributed by atoms with Crippen molar-refractivity contribution in [1.29, 1.82) is 0 Å². The number of rotatable bonds is 9. The van der Waals surface area contributed by atoms with Crippen molar-refractivity contribution in [2.24, 2.45) is 0 Å². The first kappa shape index (κ1) is 15.9. The second-order valence-electron chi connectivity index (χ2n) is 5.51. The Morgan fingerprint density at radius 3 is 2.89 bits per heavy atom. The van der Waals surface area contributed by atoms with Gasteiger partial charge < -0.3 is 15.0 Å². The van der Waals surface area contributed by atoms with E-state index < -0.39 is 0 Å². The normalized spacial score (nSPS) is 21.7. The minimum Gasteiger partial charge on any atom is -0.379 e. The fourth-order valence-corrected chi connectivity index (χ4v) is 2.32. The van der Waals surface area contributed by atoms with Crippen molar-refractivity contribution in [3.8, 4) is 0 Å². The highest BCUT2D eigenvalue weighted by molar-refractivity contribution is 4.77. The molecule has 0 spiro atoms. The quantitative estimate of drug-likeness (QED) is 0.624. The highest BCUT2D eigenvalue weighted by atomic mass is 16.5. The molecule has 1 unspecified atom stereocenters. The van der Waals surface area contributed by atoms with E-state index >= 15 is 0 Å². The van der Waals surface area contributed by atoms with Crippen LogP contribution in [0.2, 0.25) is 0 Å². The number of hydrogen-bond acceptors (Lipinski definition) is 4. The minimum atomic E-state index is 0.695. The van der Waals surface area contributed by atoms with E-state index in [-0.39, 0.29) is 0 Å². The second kappa shape index (κ2) is 9.73. The van der Waals surface area contributed by atoms with Crippen molar-refractivity contribution in [2.45, 2.75) is 32.2 Å². The van der Waals surface area contributed by atoms with E-state index in [0.29, 0.717) is 6.04 Å². The molecule has 1 heterocycles. The maximum Gasteiger partial charge on any atom is 0.0594 e. The van der Waals surface area contributed by atoms with E-state index in [9.17, 15) is 0 Å². The molecule has 0 radical (unpaired) electrons. The zero-order valence-corrected chi connectivity index (χ0v) is 12.5. The number of hydrogen-bond donors (Lipinski definition) is 1. The Kier molecular flexibility index (Phi) is 8.59. The molecule has 0 bridgehead atoms. The Hall–Kier alpha value is -0.160. The SMILES string of the molecule is CCCNC1CCCN(CCOCCN(C)C)C1. The molecule has 1 rings (SSSR count). The summed E-state index contributed by atoms with van der Waals surface area (Å²) in [5, 5.41) is 3.63. The van der Waals surface area contributed by atoms with Gasteiger partial charge in [-0.15, -0.1) is 0 Å². The van der Waals surface area contributed by atoms with Gasteiger partial charge in [0.05, 0.1) is 13.2 Å². The molecular weight excluding hydrogens is 226 g/mol. The van der Waals surface area contributed by atoms with Gasteiger partial charge in [-0.3, -0.25) is 4.90 Å². The molecule has 1 saturated heterocycles. The Morgan fingerprint density at radius 1 is 1.33 bits per heavy atom. The molecule has 1 aliphatic heterocycles. The fourth-order valence-electron chi connectivity index (χ4n) is 2.32. The molecule has 1 N–H and O–H groups in total. The van der Waals surface area contributed by atoms with Crippen LogP contribution in [0.3, 0.4) is 0 Å². The first-order chi connectivity index (χ1) is 8.72. The maximum absolute atomic E-state index is 5.66. The Bertz CT molecular complexity index is 199. The lowest BCUT2D eigenvalue weighted by atomic mass is 10.1.